The third kappa shape index (κ3) is 6.02. The Morgan fingerprint density at radius 1 is 1.21 bits per heavy atom. The number of nitrogens with zero attached hydrogens (tertiary/aromatic N) is 3. The molecule has 0 saturated carbocycles. The Kier molecular flexibility index (Phi) is 7.96. The summed E-state index contributed by atoms with van der Waals surface area (Å²) in [6.07, 6.45) is 3.12. The summed E-state index contributed by atoms with van der Waals surface area (Å²) < 4.78 is 33.3. The Hall–Kier alpha value is -2.76. The second kappa shape index (κ2) is 11.1. The van der Waals surface area contributed by atoms with Gasteiger partial charge < -0.3 is 19.5 Å². The summed E-state index contributed by atoms with van der Waals surface area (Å²) in [4.78, 5) is 21.4. The van der Waals surface area contributed by atoms with Crippen LogP contribution in [0.3, 0.4) is 0 Å². The average Bonchev–Trinajstić information content (AvgIpc) is 2.84. The van der Waals surface area contributed by atoms with Gasteiger partial charge in [-0.15, -0.1) is 0 Å². The van der Waals surface area contributed by atoms with Crippen LogP contribution in [0.5, 0.6) is 17.5 Å². The van der Waals surface area contributed by atoms with E-state index in [1.807, 2.05) is 38.1 Å². The van der Waals surface area contributed by atoms with Gasteiger partial charge in [0.25, 0.3) is 0 Å². The lowest BCUT2D eigenvalue weighted by Gasteiger charge is -2.37. The van der Waals surface area contributed by atoms with Crippen LogP contribution in [-0.2, 0) is 26.1 Å². The first-order valence-electron chi connectivity index (χ1n) is 11.4. The fourth-order valence-electron chi connectivity index (χ4n) is 4.20. The van der Waals surface area contributed by atoms with Crippen LogP contribution in [-0.4, -0.2) is 62.2 Å². The highest BCUT2D eigenvalue weighted by atomic mass is 32.2. The van der Waals surface area contributed by atoms with Crippen molar-refractivity contribution in [1.29, 1.82) is 0 Å². The SMILES string of the molecule is CC[C@H]1C[C@@H](Oc2ncnc(Oc3ccc(CC4COS(=O)OC4)cc3)c2C)CCN1C(=O)O. The van der Waals surface area contributed by atoms with Crippen molar-refractivity contribution in [1.82, 2.24) is 14.9 Å². The van der Waals surface area contributed by atoms with Gasteiger partial charge in [0.15, 0.2) is 0 Å². The van der Waals surface area contributed by atoms with Gasteiger partial charge in [0, 0.05) is 31.3 Å². The summed E-state index contributed by atoms with van der Waals surface area (Å²) in [5.41, 5.74) is 1.78. The van der Waals surface area contributed by atoms with Crippen molar-refractivity contribution in [3.05, 3.63) is 41.7 Å². The molecule has 4 rings (SSSR count). The van der Waals surface area contributed by atoms with E-state index >= 15 is 0 Å². The van der Waals surface area contributed by atoms with E-state index in [2.05, 4.69) is 9.97 Å². The molecule has 1 aromatic heterocycles. The van der Waals surface area contributed by atoms with E-state index < -0.39 is 17.5 Å². The topological polar surface area (TPSA) is 120 Å². The molecule has 1 aromatic carbocycles. The molecule has 184 valence electrons. The average molecular weight is 492 g/mol. The molecule has 2 aliphatic heterocycles. The van der Waals surface area contributed by atoms with Crippen LogP contribution in [0.15, 0.2) is 30.6 Å². The minimum atomic E-state index is -1.63. The minimum absolute atomic E-state index is 0.0680. The van der Waals surface area contributed by atoms with Crippen LogP contribution in [0.2, 0.25) is 0 Å². The van der Waals surface area contributed by atoms with Gasteiger partial charge in [-0.25, -0.2) is 14.8 Å². The van der Waals surface area contributed by atoms with E-state index in [4.69, 9.17) is 17.8 Å². The standard InChI is InChI=1S/C23H29N3O7S/c1-3-18-11-20(8-9-26(18)23(27)28)33-22-15(2)21(24-14-25-22)32-19-6-4-16(5-7-19)10-17-12-30-34(29)31-13-17/h4-7,14,17-18,20H,3,8-13H2,1-2H3,(H,27,28)/t17?,18-,20-,34?/m0/s1. The number of amides is 1. The predicted octanol–water partition coefficient (Wildman–Crippen LogP) is 3.66. The van der Waals surface area contributed by atoms with E-state index in [-0.39, 0.29) is 18.1 Å². The maximum atomic E-state index is 11.4. The van der Waals surface area contributed by atoms with Gasteiger partial charge in [-0.2, -0.15) is 4.21 Å². The lowest BCUT2D eigenvalue weighted by atomic mass is 9.98. The molecular formula is C23H29N3O7S. The number of aromatic nitrogens is 2. The fourth-order valence-corrected chi connectivity index (χ4v) is 4.88. The molecule has 0 aliphatic carbocycles. The molecule has 2 fully saturated rings. The molecule has 0 bridgehead atoms. The van der Waals surface area contributed by atoms with Crippen LogP contribution in [0.1, 0.15) is 37.3 Å². The first-order chi connectivity index (χ1) is 16.4. The Bertz CT molecular complexity index is 1010. The van der Waals surface area contributed by atoms with Gasteiger partial charge in [-0.05, 0) is 37.5 Å². The molecule has 1 amide bonds. The molecule has 2 aromatic rings. The number of piperidine rings is 1. The van der Waals surface area contributed by atoms with E-state index in [9.17, 15) is 14.1 Å². The largest absolute Gasteiger partial charge is 0.474 e. The predicted molar refractivity (Wildman–Crippen MR) is 123 cm³/mol. The van der Waals surface area contributed by atoms with Crippen LogP contribution >= 0.6 is 0 Å². The molecule has 3 heterocycles. The number of benzene rings is 1. The maximum absolute atomic E-state index is 11.4. The summed E-state index contributed by atoms with van der Waals surface area (Å²) in [7, 11) is 0. The highest BCUT2D eigenvalue weighted by Crippen LogP contribution is 2.31. The Balaban J connectivity index is 1.36. The number of likely N-dealkylation sites (tertiary alicyclic amines) is 1. The van der Waals surface area contributed by atoms with Gasteiger partial charge in [0.1, 0.15) is 18.2 Å². The lowest BCUT2D eigenvalue weighted by Crippen LogP contribution is -2.48. The highest BCUT2D eigenvalue weighted by molar-refractivity contribution is 7.75. The van der Waals surface area contributed by atoms with E-state index in [1.165, 1.54) is 11.2 Å². The van der Waals surface area contributed by atoms with Gasteiger partial charge in [0.2, 0.25) is 11.8 Å². The Labute approximate surface area is 201 Å². The second-order valence-corrected chi connectivity index (χ2v) is 9.38. The second-order valence-electron chi connectivity index (χ2n) is 8.50. The van der Waals surface area contributed by atoms with Crippen LogP contribution in [0.4, 0.5) is 4.79 Å². The number of rotatable bonds is 7. The number of hydrogen-bond acceptors (Lipinski definition) is 8. The zero-order valence-corrected chi connectivity index (χ0v) is 20.0. The number of carbonyl (C=O) groups is 1. The molecule has 2 atom stereocenters. The number of ether oxygens (including phenoxy) is 2. The number of carboxylic acid groups (broad SMARTS) is 1. The Morgan fingerprint density at radius 2 is 1.91 bits per heavy atom. The van der Waals surface area contributed by atoms with Crippen molar-refractivity contribution < 1.29 is 31.9 Å². The van der Waals surface area contributed by atoms with Crippen molar-refractivity contribution in [2.75, 3.05) is 19.8 Å². The molecule has 0 unspecified atom stereocenters. The third-order valence-corrected chi connectivity index (χ3v) is 6.77. The minimum Gasteiger partial charge on any atom is -0.474 e. The summed E-state index contributed by atoms with van der Waals surface area (Å²) in [6, 6.07) is 7.61. The summed E-state index contributed by atoms with van der Waals surface area (Å²) in [5, 5.41) is 9.37. The van der Waals surface area contributed by atoms with Gasteiger partial charge >= 0.3 is 17.5 Å². The smallest absolute Gasteiger partial charge is 0.407 e. The molecule has 11 heteroatoms. The number of hydrogen-bond donors (Lipinski definition) is 1. The van der Waals surface area contributed by atoms with Crippen LogP contribution < -0.4 is 9.47 Å². The molecule has 34 heavy (non-hydrogen) atoms. The van der Waals surface area contributed by atoms with Crippen molar-refractivity contribution in [3.8, 4) is 17.5 Å². The zero-order chi connectivity index (χ0) is 24.1. The zero-order valence-electron chi connectivity index (χ0n) is 19.2. The summed E-state index contributed by atoms with van der Waals surface area (Å²) in [6.45, 7) is 5.07. The first-order valence-corrected chi connectivity index (χ1v) is 12.4. The van der Waals surface area contributed by atoms with Crippen molar-refractivity contribution >= 4 is 17.5 Å². The molecule has 0 radical (unpaired) electrons. The van der Waals surface area contributed by atoms with Crippen LogP contribution in [0.25, 0.3) is 0 Å². The van der Waals surface area contributed by atoms with E-state index in [0.29, 0.717) is 55.7 Å². The molecule has 2 saturated heterocycles. The molecule has 1 N–H and O–H groups in total. The normalized spacial score (nSPS) is 25.1. The molecule has 0 spiro atoms. The quantitative estimate of drug-likeness (QED) is 0.618. The summed E-state index contributed by atoms with van der Waals surface area (Å²) >= 11 is -1.63. The highest BCUT2D eigenvalue weighted by Gasteiger charge is 2.32. The first kappa shape index (κ1) is 24.4. The molecular weight excluding hydrogens is 462 g/mol. The molecule has 10 nitrogen and oxygen atoms in total. The van der Waals surface area contributed by atoms with Crippen molar-refractivity contribution in [2.45, 2.75) is 51.7 Å². The Morgan fingerprint density at radius 3 is 2.59 bits per heavy atom. The van der Waals surface area contributed by atoms with Gasteiger partial charge in [0.05, 0.1) is 18.8 Å². The lowest BCUT2D eigenvalue weighted by molar-refractivity contribution is 0.0507. The summed E-state index contributed by atoms with van der Waals surface area (Å²) in [5.74, 6) is 1.64. The van der Waals surface area contributed by atoms with Crippen molar-refractivity contribution in [2.24, 2.45) is 5.92 Å². The van der Waals surface area contributed by atoms with Gasteiger partial charge in [-0.3, -0.25) is 8.37 Å². The monoisotopic (exact) mass is 491 g/mol. The fraction of sp³-hybridized carbons (Fsp3) is 0.522. The third-order valence-electron chi connectivity index (χ3n) is 6.12. The van der Waals surface area contributed by atoms with Crippen molar-refractivity contribution in [3.63, 3.8) is 0 Å². The van der Waals surface area contributed by atoms with E-state index in [1.54, 1.807) is 0 Å². The maximum Gasteiger partial charge on any atom is 0.407 e. The van der Waals surface area contributed by atoms with Crippen LogP contribution in [0, 0.1) is 12.8 Å². The molecule has 2 aliphatic rings. The van der Waals surface area contributed by atoms with E-state index in [0.717, 1.165) is 18.4 Å². The van der Waals surface area contributed by atoms with Gasteiger partial charge in [-0.1, -0.05) is 19.1 Å².